The fraction of sp³-hybridized carbons (Fsp3) is 0.400. The molecule has 0 bridgehead atoms. The minimum atomic E-state index is -2.71. The summed E-state index contributed by atoms with van der Waals surface area (Å²) in [6.45, 7) is 3.21. The van der Waals surface area contributed by atoms with E-state index in [2.05, 4.69) is 4.98 Å². The first kappa shape index (κ1) is 12.8. The third kappa shape index (κ3) is 2.47. The summed E-state index contributed by atoms with van der Waals surface area (Å²) in [7, 11) is 0. The molecule has 3 nitrogen and oxygen atoms in total. The Balaban J connectivity index is 3.16. The van der Waals surface area contributed by atoms with Gasteiger partial charge in [-0.2, -0.15) is 0 Å². The van der Waals surface area contributed by atoms with Gasteiger partial charge in [0.15, 0.2) is 0 Å². The Labute approximate surface area is 96.4 Å². The largest absolute Gasteiger partial charge is 0.462 e. The predicted octanol–water partition coefficient (Wildman–Crippen LogP) is 3.16. The van der Waals surface area contributed by atoms with Crippen molar-refractivity contribution >= 4 is 17.6 Å². The van der Waals surface area contributed by atoms with Crippen molar-refractivity contribution in [3.63, 3.8) is 0 Å². The molecule has 0 aliphatic rings. The lowest BCUT2D eigenvalue weighted by atomic mass is 10.1. The van der Waals surface area contributed by atoms with E-state index in [0.29, 0.717) is 0 Å². The fourth-order valence-electron chi connectivity index (χ4n) is 1.17. The fourth-order valence-corrected chi connectivity index (χ4v) is 1.40. The molecule has 0 atom stereocenters. The van der Waals surface area contributed by atoms with Gasteiger partial charge in [0.05, 0.1) is 17.2 Å². The number of esters is 1. The summed E-state index contributed by atoms with van der Waals surface area (Å²) in [5.41, 5.74) is -0.314. The van der Waals surface area contributed by atoms with E-state index in [9.17, 15) is 13.6 Å². The molecule has 0 saturated carbocycles. The third-order valence-corrected chi connectivity index (χ3v) is 2.47. The molecular weight excluding hydrogens is 240 g/mol. The Morgan fingerprint density at radius 3 is 2.75 bits per heavy atom. The molecule has 0 fully saturated rings. The van der Waals surface area contributed by atoms with Crippen LogP contribution in [0.2, 0.25) is 5.02 Å². The van der Waals surface area contributed by atoms with Crippen molar-refractivity contribution in [2.75, 3.05) is 6.61 Å². The van der Waals surface area contributed by atoms with Crippen LogP contribution in [0.3, 0.4) is 0 Å². The topological polar surface area (TPSA) is 39.2 Å². The van der Waals surface area contributed by atoms with E-state index < -0.39 is 18.1 Å². The van der Waals surface area contributed by atoms with Crippen LogP contribution in [0.15, 0.2) is 6.20 Å². The van der Waals surface area contributed by atoms with Crippen LogP contribution in [0, 0.1) is 6.92 Å². The maximum atomic E-state index is 12.5. The number of carbonyl (C=O) groups is 1. The van der Waals surface area contributed by atoms with Gasteiger partial charge in [-0.1, -0.05) is 11.6 Å². The highest BCUT2D eigenvalue weighted by Gasteiger charge is 2.20. The van der Waals surface area contributed by atoms with E-state index in [1.165, 1.54) is 6.92 Å². The second-order valence-electron chi connectivity index (χ2n) is 3.02. The maximum Gasteiger partial charge on any atom is 0.341 e. The molecule has 0 spiro atoms. The highest BCUT2D eigenvalue weighted by atomic mass is 35.5. The molecule has 88 valence electrons. The minimum absolute atomic E-state index is 0.00502. The van der Waals surface area contributed by atoms with Crippen LogP contribution in [-0.4, -0.2) is 17.6 Å². The standard InChI is InChI=1S/C10H10ClF2NO2/c1-3-16-10(15)6-4-14-8(9(12)13)5(2)7(6)11/h4,9H,3H2,1-2H3. The first-order valence-electron chi connectivity index (χ1n) is 4.59. The summed E-state index contributed by atoms with van der Waals surface area (Å²) in [4.78, 5) is 14.9. The van der Waals surface area contributed by atoms with Crippen molar-refractivity contribution in [2.45, 2.75) is 20.3 Å². The summed E-state index contributed by atoms with van der Waals surface area (Å²) >= 11 is 5.80. The van der Waals surface area contributed by atoms with Crippen LogP contribution < -0.4 is 0 Å². The quantitative estimate of drug-likeness (QED) is 0.773. The van der Waals surface area contributed by atoms with Gasteiger partial charge in [0, 0.05) is 6.20 Å². The molecule has 0 N–H and O–H groups in total. The monoisotopic (exact) mass is 249 g/mol. The van der Waals surface area contributed by atoms with Crippen molar-refractivity contribution in [3.8, 4) is 0 Å². The Bertz CT molecular complexity index is 410. The summed E-state index contributed by atoms with van der Waals surface area (Å²) in [5, 5.41) is -0.0382. The number of alkyl halides is 2. The van der Waals surface area contributed by atoms with Gasteiger partial charge in [0.1, 0.15) is 5.69 Å². The smallest absolute Gasteiger partial charge is 0.341 e. The summed E-state index contributed by atoms with van der Waals surface area (Å²) < 4.78 is 29.6. The molecule has 1 aromatic heterocycles. The highest BCUT2D eigenvalue weighted by molar-refractivity contribution is 6.34. The SMILES string of the molecule is CCOC(=O)c1cnc(C(F)F)c(C)c1Cl. The molecule has 0 radical (unpaired) electrons. The Morgan fingerprint density at radius 1 is 1.62 bits per heavy atom. The average molecular weight is 250 g/mol. The van der Waals surface area contributed by atoms with Gasteiger partial charge < -0.3 is 4.74 Å². The number of halogens is 3. The van der Waals surface area contributed by atoms with Gasteiger partial charge >= 0.3 is 5.97 Å². The Hall–Kier alpha value is -1.23. The maximum absolute atomic E-state index is 12.5. The lowest BCUT2D eigenvalue weighted by molar-refractivity contribution is 0.0525. The molecule has 0 amide bonds. The number of carbonyl (C=O) groups excluding carboxylic acids is 1. The molecule has 6 heteroatoms. The molecule has 16 heavy (non-hydrogen) atoms. The van der Waals surface area contributed by atoms with Crippen LogP contribution in [-0.2, 0) is 4.74 Å². The summed E-state index contributed by atoms with van der Waals surface area (Å²) in [6, 6.07) is 0. The second kappa shape index (κ2) is 5.21. The number of pyridine rings is 1. The van der Waals surface area contributed by atoms with Crippen LogP contribution >= 0.6 is 11.6 Å². The molecule has 0 saturated heterocycles. The lowest BCUT2D eigenvalue weighted by Crippen LogP contribution is -2.08. The number of hydrogen-bond donors (Lipinski definition) is 0. The zero-order valence-electron chi connectivity index (χ0n) is 8.76. The van der Waals surface area contributed by atoms with Crippen molar-refractivity contribution in [2.24, 2.45) is 0 Å². The third-order valence-electron chi connectivity index (χ3n) is 1.98. The first-order valence-corrected chi connectivity index (χ1v) is 4.97. The van der Waals surface area contributed by atoms with Gasteiger partial charge in [0.2, 0.25) is 0 Å². The molecule has 1 aromatic rings. The van der Waals surface area contributed by atoms with E-state index in [0.717, 1.165) is 6.20 Å². The molecule has 1 heterocycles. The van der Waals surface area contributed by atoms with Crippen LogP contribution in [0.25, 0.3) is 0 Å². The Morgan fingerprint density at radius 2 is 2.25 bits per heavy atom. The van der Waals surface area contributed by atoms with E-state index >= 15 is 0 Å². The summed E-state index contributed by atoms with van der Waals surface area (Å²) in [6.07, 6.45) is -1.71. The van der Waals surface area contributed by atoms with Crippen LogP contribution in [0.4, 0.5) is 8.78 Å². The van der Waals surface area contributed by atoms with Gasteiger partial charge in [-0.3, -0.25) is 4.98 Å². The lowest BCUT2D eigenvalue weighted by Gasteiger charge is -2.09. The van der Waals surface area contributed by atoms with Crippen molar-refractivity contribution in [1.82, 2.24) is 4.98 Å². The van der Waals surface area contributed by atoms with Gasteiger partial charge in [-0.05, 0) is 19.4 Å². The highest BCUT2D eigenvalue weighted by Crippen LogP contribution is 2.28. The molecule has 1 rings (SSSR count). The van der Waals surface area contributed by atoms with Gasteiger partial charge in [-0.25, -0.2) is 13.6 Å². The molecule has 0 unspecified atom stereocenters. The van der Waals surface area contributed by atoms with E-state index in [1.54, 1.807) is 6.92 Å². The van der Waals surface area contributed by atoms with Crippen molar-refractivity contribution < 1.29 is 18.3 Å². The normalized spacial score (nSPS) is 10.6. The predicted molar refractivity (Wildman–Crippen MR) is 54.9 cm³/mol. The number of hydrogen-bond acceptors (Lipinski definition) is 3. The first-order chi connectivity index (χ1) is 7.49. The van der Waals surface area contributed by atoms with E-state index in [1.807, 2.05) is 0 Å². The average Bonchev–Trinajstić information content (AvgIpc) is 2.21. The zero-order chi connectivity index (χ0) is 12.3. The Kier molecular flexibility index (Phi) is 4.18. The van der Waals surface area contributed by atoms with Crippen LogP contribution in [0.5, 0.6) is 0 Å². The van der Waals surface area contributed by atoms with Gasteiger partial charge in [0.25, 0.3) is 6.43 Å². The van der Waals surface area contributed by atoms with Crippen molar-refractivity contribution in [1.29, 1.82) is 0 Å². The molecule has 0 aromatic carbocycles. The number of aromatic nitrogens is 1. The molecular formula is C10H10ClF2NO2. The number of nitrogens with zero attached hydrogens (tertiary/aromatic N) is 1. The number of rotatable bonds is 3. The second-order valence-corrected chi connectivity index (χ2v) is 3.40. The van der Waals surface area contributed by atoms with E-state index in [4.69, 9.17) is 16.3 Å². The zero-order valence-corrected chi connectivity index (χ0v) is 9.52. The number of ether oxygens (including phenoxy) is 1. The van der Waals surface area contributed by atoms with Crippen molar-refractivity contribution in [3.05, 3.63) is 28.0 Å². The minimum Gasteiger partial charge on any atom is -0.462 e. The van der Waals surface area contributed by atoms with E-state index in [-0.39, 0.29) is 22.8 Å². The summed E-state index contributed by atoms with van der Waals surface area (Å²) in [5.74, 6) is -0.663. The molecule has 0 aliphatic carbocycles. The van der Waals surface area contributed by atoms with Gasteiger partial charge in [-0.15, -0.1) is 0 Å². The van der Waals surface area contributed by atoms with Crippen LogP contribution in [0.1, 0.15) is 35.0 Å². The molecule has 0 aliphatic heterocycles.